The summed E-state index contributed by atoms with van der Waals surface area (Å²) in [4.78, 5) is 4.46. The Labute approximate surface area is 87.5 Å². The third kappa shape index (κ3) is 2.54. The molecule has 5 heteroatoms. The van der Waals surface area contributed by atoms with E-state index in [1.54, 1.807) is 4.90 Å². The van der Waals surface area contributed by atoms with E-state index in [1.165, 1.54) is 18.5 Å². The number of aromatic amines is 1. The molecule has 1 aliphatic heterocycles. The van der Waals surface area contributed by atoms with Gasteiger partial charge in [-0.05, 0) is 6.07 Å². The van der Waals surface area contributed by atoms with Crippen LogP contribution in [0.5, 0.6) is 0 Å². The number of nitrogens with zero attached hydrogens (tertiary/aromatic N) is 1. The van der Waals surface area contributed by atoms with Crippen LogP contribution in [0.4, 0.5) is 8.78 Å². The summed E-state index contributed by atoms with van der Waals surface area (Å²) in [6.07, 6.45) is 2.89. The van der Waals surface area contributed by atoms with Crippen LogP contribution in [0, 0.1) is 0 Å². The Bertz CT molecular complexity index is 292. The van der Waals surface area contributed by atoms with Crippen molar-refractivity contribution in [3.63, 3.8) is 0 Å². The molecule has 0 aromatic carbocycles. The van der Waals surface area contributed by atoms with E-state index in [1.807, 2.05) is 0 Å². The van der Waals surface area contributed by atoms with Gasteiger partial charge in [-0.2, -0.15) is 8.78 Å². The Morgan fingerprint density at radius 3 is 2.67 bits per heavy atom. The fraction of sp³-hybridized carbons (Fsp3) is 0.600. The van der Waals surface area contributed by atoms with E-state index in [2.05, 4.69) is 10.3 Å². The number of nitrogens with one attached hydrogen (secondary N) is 2. The van der Waals surface area contributed by atoms with Gasteiger partial charge in [-0.25, -0.2) is 0 Å². The third-order valence-electron chi connectivity index (χ3n) is 2.65. The van der Waals surface area contributed by atoms with Crippen LogP contribution >= 0.6 is 0 Å². The summed E-state index contributed by atoms with van der Waals surface area (Å²) in [6.45, 7) is 2.79. The zero-order valence-electron chi connectivity index (χ0n) is 8.47. The first-order valence-corrected chi connectivity index (χ1v) is 5.13. The van der Waals surface area contributed by atoms with Gasteiger partial charge >= 0.3 is 0 Å². The summed E-state index contributed by atoms with van der Waals surface area (Å²) in [5.41, 5.74) is 0.0704. The average molecular weight is 215 g/mol. The van der Waals surface area contributed by atoms with Crippen LogP contribution < -0.4 is 5.32 Å². The summed E-state index contributed by atoms with van der Waals surface area (Å²) in [5.74, 6) is -2.75. The molecule has 84 valence electrons. The molecule has 1 aromatic rings. The quantitative estimate of drug-likeness (QED) is 0.788. The van der Waals surface area contributed by atoms with Gasteiger partial charge in [0.25, 0.3) is 5.92 Å². The predicted molar refractivity (Wildman–Crippen MR) is 54.0 cm³/mol. The predicted octanol–water partition coefficient (Wildman–Crippen LogP) is 1.01. The molecule has 3 nitrogen and oxygen atoms in total. The van der Waals surface area contributed by atoms with Gasteiger partial charge in [0.15, 0.2) is 0 Å². The lowest BCUT2D eigenvalue weighted by Gasteiger charge is -2.30. The molecule has 0 radical (unpaired) electrons. The molecule has 0 bridgehead atoms. The molecule has 2 rings (SSSR count). The Balaban J connectivity index is 1.97. The smallest absolute Gasteiger partial charge is 0.287 e. The van der Waals surface area contributed by atoms with Crippen LogP contribution in [0.2, 0.25) is 0 Å². The maximum atomic E-state index is 13.7. The van der Waals surface area contributed by atoms with Crippen molar-refractivity contribution in [3.8, 4) is 0 Å². The van der Waals surface area contributed by atoms with Crippen LogP contribution in [-0.4, -0.2) is 42.6 Å². The summed E-state index contributed by atoms with van der Waals surface area (Å²) < 4.78 is 27.4. The van der Waals surface area contributed by atoms with Crippen molar-refractivity contribution in [3.05, 3.63) is 24.0 Å². The molecule has 1 aromatic heterocycles. The zero-order chi connectivity index (χ0) is 10.7. The van der Waals surface area contributed by atoms with E-state index < -0.39 is 5.92 Å². The van der Waals surface area contributed by atoms with Crippen LogP contribution in [-0.2, 0) is 5.92 Å². The number of hydrogen-bond donors (Lipinski definition) is 2. The normalized spacial score (nSPS) is 19.3. The number of hydrogen-bond acceptors (Lipinski definition) is 2. The summed E-state index contributed by atoms with van der Waals surface area (Å²) in [6, 6.07) is 1.43. The first kappa shape index (κ1) is 10.6. The molecular weight excluding hydrogens is 200 g/mol. The van der Waals surface area contributed by atoms with E-state index in [4.69, 9.17) is 0 Å². The van der Waals surface area contributed by atoms with Crippen molar-refractivity contribution in [1.82, 2.24) is 15.2 Å². The molecule has 1 saturated heterocycles. The van der Waals surface area contributed by atoms with Gasteiger partial charge in [-0.1, -0.05) is 0 Å². The van der Waals surface area contributed by atoms with Gasteiger partial charge in [0.05, 0.1) is 6.54 Å². The van der Waals surface area contributed by atoms with Gasteiger partial charge in [0, 0.05) is 44.1 Å². The first-order valence-electron chi connectivity index (χ1n) is 5.13. The second-order valence-electron chi connectivity index (χ2n) is 3.83. The van der Waals surface area contributed by atoms with Crippen molar-refractivity contribution in [2.45, 2.75) is 5.92 Å². The SMILES string of the molecule is FC(F)(CN1CCNCC1)c1cc[nH]c1. The summed E-state index contributed by atoms with van der Waals surface area (Å²) >= 11 is 0. The molecule has 0 aliphatic carbocycles. The molecule has 1 aliphatic rings. The molecule has 0 amide bonds. The highest BCUT2D eigenvalue weighted by Gasteiger charge is 2.34. The minimum atomic E-state index is -2.75. The van der Waals surface area contributed by atoms with Crippen LogP contribution in [0.3, 0.4) is 0 Å². The number of aromatic nitrogens is 1. The fourth-order valence-corrected chi connectivity index (χ4v) is 1.79. The number of H-pyrrole nitrogens is 1. The highest BCUT2D eigenvalue weighted by atomic mass is 19.3. The van der Waals surface area contributed by atoms with E-state index in [9.17, 15) is 8.78 Å². The lowest BCUT2D eigenvalue weighted by molar-refractivity contribution is -0.0399. The molecule has 15 heavy (non-hydrogen) atoms. The second-order valence-corrected chi connectivity index (χ2v) is 3.83. The minimum Gasteiger partial charge on any atom is -0.367 e. The average Bonchev–Trinajstić information content (AvgIpc) is 2.71. The van der Waals surface area contributed by atoms with Gasteiger partial charge in [-0.15, -0.1) is 0 Å². The maximum absolute atomic E-state index is 13.7. The molecule has 2 N–H and O–H groups in total. The van der Waals surface area contributed by atoms with E-state index in [0.717, 1.165) is 13.1 Å². The largest absolute Gasteiger partial charge is 0.367 e. The Hall–Kier alpha value is -0.940. The standard InChI is InChI=1S/C10H15F2N3/c11-10(12,9-1-2-14-7-9)8-15-5-3-13-4-6-15/h1-2,7,13-14H,3-6,8H2. The van der Waals surface area contributed by atoms with Crippen molar-refractivity contribution >= 4 is 0 Å². The van der Waals surface area contributed by atoms with Gasteiger partial charge in [0.2, 0.25) is 0 Å². The third-order valence-corrected chi connectivity index (χ3v) is 2.65. The number of piperazine rings is 1. The first-order chi connectivity index (χ1) is 7.18. The van der Waals surface area contributed by atoms with Crippen molar-refractivity contribution in [2.24, 2.45) is 0 Å². The fourth-order valence-electron chi connectivity index (χ4n) is 1.79. The molecule has 2 heterocycles. The lowest BCUT2D eigenvalue weighted by atomic mass is 10.1. The van der Waals surface area contributed by atoms with E-state index >= 15 is 0 Å². The number of rotatable bonds is 3. The topological polar surface area (TPSA) is 31.1 Å². The summed E-state index contributed by atoms with van der Waals surface area (Å²) in [5, 5.41) is 3.14. The Morgan fingerprint density at radius 1 is 1.33 bits per heavy atom. The Morgan fingerprint density at radius 2 is 2.07 bits per heavy atom. The van der Waals surface area contributed by atoms with Gasteiger partial charge in [-0.3, -0.25) is 4.90 Å². The summed E-state index contributed by atoms with van der Waals surface area (Å²) in [7, 11) is 0. The Kier molecular flexibility index (Phi) is 3.02. The van der Waals surface area contributed by atoms with Crippen LogP contribution in [0.25, 0.3) is 0 Å². The van der Waals surface area contributed by atoms with E-state index in [0.29, 0.717) is 13.1 Å². The molecular formula is C10H15F2N3. The van der Waals surface area contributed by atoms with Crippen molar-refractivity contribution in [2.75, 3.05) is 32.7 Å². The molecule has 0 unspecified atom stereocenters. The van der Waals surface area contributed by atoms with Gasteiger partial charge in [0.1, 0.15) is 0 Å². The monoisotopic (exact) mass is 215 g/mol. The van der Waals surface area contributed by atoms with Gasteiger partial charge < -0.3 is 10.3 Å². The zero-order valence-corrected chi connectivity index (χ0v) is 8.47. The molecule has 1 fully saturated rings. The van der Waals surface area contributed by atoms with Crippen LogP contribution in [0.1, 0.15) is 5.56 Å². The van der Waals surface area contributed by atoms with Crippen molar-refractivity contribution in [1.29, 1.82) is 0 Å². The number of halogens is 2. The maximum Gasteiger partial charge on any atom is 0.287 e. The minimum absolute atomic E-state index is 0.0704. The highest BCUT2D eigenvalue weighted by Crippen LogP contribution is 2.28. The highest BCUT2D eigenvalue weighted by molar-refractivity contribution is 5.15. The van der Waals surface area contributed by atoms with E-state index in [-0.39, 0.29) is 12.1 Å². The molecule has 0 saturated carbocycles. The lowest BCUT2D eigenvalue weighted by Crippen LogP contribution is -2.47. The molecule has 0 atom stereocenters. The van der Waals surface area contributed by atoms with Crippen LogP contribution in [0.15, 0.2) is 18.5 Å². The molecule has 0 spiro atoms. The van der Waals surface area contributed by atoms with Crippen molar-refractivity contribution < 1.29 is 8.78 Å². The number of alkyl halides is 2. The second kappa shape index (κ2) is 4.28.